The van der Waals surface area contributed by atoms with Crippen LogP contribution in [0.2, 0.25) is 0 Å². The molecule has 0 aliphatic rings. The van der Waals surface area contributed by atoms with Gasteiger partial charge >= 0.3 is 12.0 Å². The molecule has 0 atom stereocenters. The number of rotatable bonds is 2. The Bertz CT molecular complexity index is 174. The zero-order chi connectivity index (χ0) is 10.2. The zero-order valence-electron chi connectivity index (χ0n) is 5.02. The van der Waals surface area contributed by atoms with Crippen LogP contribution in [0.4, 0.5) is 0 Å². The Labute approximate surface area is 110 Å². The predicted molar refractivity (Wildman–Crippen MR) is 65.4 cm³/mol. The fourth-order valence-electron chi connectivity index (χ4n) is 0.249. The molecule has 0 aliphatic carbocycles. The van der Waals surface area contributed by atoms with Crippen LogP contribution in [0.25, 0.3) is 0 Å². The van der Waals surface area contributed by atoms with Gasteiger partial charge in [0.05, 0.1) is 9.31 Å². The molecule has 0 radical (unpaired) electrons. The third-order valence-corrected chi connectivity index (χ3v) is 10.1. The highest BCUT2D eigenvalue weighted by molar-refractivity contribution is 7.72. The van der Waals surface area contributed by atoms with E-state index < -0.39 is 12.0 Å². The van der Waals surface area contributed by atoms with Crippen molar-refractivity contribution in [3.63, 3.8) is 0 Å². The molecule has 0 saturated carbocycles. The van der Waals surface area contributed by atoms with Gasteiger partial charge in [-0.05, 0) is 0 Å². The van der Waals surface area contributed by atoms with E-state index in [-0.39, 0.29) is 9.31 Å². The molecule has 0 aromatic heterocycles. The molecule has 0 amide bonds. The van der Waals surface area contributed by atoms with Crippen molar-refractivity contribution in [1.29, 1.82) is 0 Å². The van der Waals surface area contributed by atoms with Gasteiger partial charge in [-0.1, -0.05) is 23.2 Å². The summed E-state index contributed by atoms with van der Waals surface area (Å²) < 4.78 is -0.276. The van der Waals surface area contributed by atoms with Gasteiger partial charge in [-0.25, -0.2) is 0 Å². The third-order valence-electron chi connectivity index (χ3n) is 0.690. The van der Waals surface area contributed by atoms with Crippen LogP contribution >= 0.6 is 89.7 Å². The van der Waals surface area contributed by atoms with Crippen molar-refractivity contribution in [3.05, 3.63) is 9.31 Å². The fraction of sp³-hybridized carbons (Fsp3) is 0. The predicted octanol–water partition coefficient (Wildman–Crippen LogP) is 5.06. The minimum absolute atomic E-state index is 0.138. The van der Waals surface area contributed by atoms with Gasteiger partial charge in [0.1, 0.15) is 0 Å². The van der Waals surface area contributed by atoms with Crippen molar-refractivity contribution in [2.45, 2.75) is 0 Å². The van der Waals surface area contributed by atoms with Crippen LogP contribution in [0, 0.1) is 0 Å². The zero-order valence-corrected chi connectivity index (χ0v) is 13.1. The minimum atomic E-state index is -3.22. The van der Waals surface area contributed by atoms with Crippen molar-refractivity contribution < 1.29 is 0 Å². The van der Waals surface area contributed by atoms with Crippen LogP contribution in [-0.2, 0) is 0 Å². The monoisotopic (exact) mass is 360 g/mol. The molecule has 0 bridgehead atoms. The van der Waals surface area contributed by atoms with Gasteiger partial charge in [0.25, 0.3) is 0 Å². The largest absolute Gasteiger partial charge is 0.385 e. The highest BCUT2D eigenvalue weighted by atomic mass is 35.8. The molecule has 0 aromatic rings. The lowest BCUT2D eigenvalue weighted by atomic mass is 11.2. The topological polar surface area (TPSA) is 0 Å². The number of halogens is 8. The van der Waals surface area contributed by atoms with Gasteiger partial charge in [0.15, 0.2) is 0 Å². The highest BCUT2D eigenvalue weighted by Gasteiger charge is 2.40. The molecule has 12 heavy (non-hydrogen) atoms. The number of hydrogen-bond acceptors (Lipinski definition) is 0. The quantitative estimate of drug-likeness (QED) is 0.475. The molecule has 0 saturated heterocycles. The lowest BCUT2D eigenvalue weighted by Crippen LogP contribution is -2.19. The molecule has 0 nitrogen and oxygen atoms in total. The van der Waals surface area contributed by atoms with Gasteiger partial charge in [-0.2, -0.15) is 0 Å². The first-order valence-corrected chi connectivity index (χ1v) is 13.1. The van der Waals surface area contributed by atoms with E-state index in [9.17, 15) is 0 Å². The maximum atomic E-state index is 5.59. The van der Waals surface area contributed by atoms with Crippen molar-refractivity contribution >= 4 is 102 Å². The molecule has 0 aliphatic heterocycles. The molecular formula is C2Cl8Si2. The molecule has 0 rings (SSSR count). The van der Waals surface area contributed by atoms with E-state index in [1.54, 1.807) is 0 Å². The summed E-state index contributed by atoms with van der Waals surface area (Å²) in [5.74, 6) is 0. The number of hydrogen-bond donors (Lipinski definition) is 0. The smallest absolute Gasteiger partial charge is 0.120 e. The molecule has 0 aromatic carbocycles. The molecule has 0 spiro atoms. The second kappa shape index (κ2) is 5.02. The van der Waals surface area contributed by atoms with E-state index in [0.717, 1.165) is 0 Å². The summed E-state index contributed by atoms with van der Waals surface area (Å²) in [6.45, 7) is 0. The van der Waals surface area contributed by atoms with E-state index >= 15 is 0 Å². The Morgan fingerprint density at radius 1 is 0.583 bits per heavy atom. The molecule has 0 unspecified atom stereocenters. The average Bonchev–Trinajstić information content (AvgIpc) is 1.80. The van der Waals surface area contributed by atoms with E-state index in [1.165, 1.54) is 0 Å². The lowest BCUT2D eigenvalue weighted by Gasteiger charge is -2.12. The first-order chi connectivity index (χ1) is 5.07. The normalized spacial score (nSPS) is 16.0. The van der Waals surface area contributed by atoms with Gasteiger partial charge in [0.2, 0.25) is 0 Å². The standard InChI is InChI=1S/C2Cl8Si2/c3-1(11(5,6)7)2(4)12(8,9)10/b2-1+. The molecule has 72 valence electrons. The maximum absolute atomic E-state index is 5.59. The SMILES string of the molecule is Cl/C(=C(/Cl)[Si](Cl)(Cl)Cl)[Si](Cl)(Cl)Cl. The Kier molecular flexibility index (Phi) is 6.06. The van der Waals surface area contributed by atoms with Crippen LogP contribution in [0.3, 0.4) is 0 Å². The van der Waals surface area contributed by atoms with Crippen molar-refractivity contribution in [3.8, 4) is 0 Å². The summed E-state index contributed by atoms with van der Waals surface area (Å²) in [5, 5.41) is 0. The summed E-state index contributed by atoms with van der Waals surface area (Å²) in [6, 6.07) is -6.44. The second-order valence-electron chi connectivity index (χ2n) is 1.62. The van der Waals surface area contributed by atoms with E-state index in [4.69, 9.17) is 89.7 Å². The lowest BCUT2D eigenvalue weighted by molar-refractivity contribution is 2.17. The Balaban J connectivity index is 4.96. The van der Waals surface area contributed by atoms with E-state index in [0.29, 0.717) is 0 Å². The maximum Gasteiger partial charge on any atom is 0.385 e. The average molecular weight is 364 g/mol. The van der Waals surface area contributed by atoms with Gasteiger partial charge in [-0.15, -0.1) is 66.5 Å². The summed E-state index contributed by atoms with van der Waals surface area (Å²) in [4.78, 5) is 0. The van der Waals surface area contributed by atoms with E-state index in [2.05, 4.69) is 0 Å². The van der Waals surface area contributed by atoms with Crippen molar-refractivity contribution in [1.82, 2.24) is 0 Å². The van der Waals surface area contributed by atoms with Crippen LogP contribution in [0.15, 0.2) is 9.31 Å². The van der Waals surface area contributed by atoms with Crippen LogP contribution < -0.4 is 0 Å². The Morgan fingerprint density at radius 2 is 0.750 bits per heavy atom. The first kappa shape index (κ1) is 14.5. The van der Waals surface area contributed by atoms with Crippen molar-refractivity contribution in [2.24, 2.45) is 0 Å². The van der Waals surface area contributed by atoms with Crippen LogP contribution in [0.1, 0.15) is 0 Å². The van der Waals surface area contributed by atoms with Gasteiger partial charge in [0, 0.05) is 0 Å². The molecule has 0 fully saturated rings. The third kappa shape index (κ3) is 4.83. The Hall–Kier alpha value is 2.49. The minimum Gasteiger partial charge on any atom is -0.120 e. The molecule has 0 heterocycles. The Morgan fingerprint density at radius 3 is 0.833 bits per heavy atom. The van der Waals surface area contributed by atoms with Gasteiger partial charge < -0.3 is 0 Å². The molecular weight excluding hydrogens is 364 g/mol. The molecule has 10 heteroatoms. The van der Waals surface area contributed by atoms with Crippen molar-refractivity contribution in [2.75, 3.05) is 0 Å². The van der Waals surface area contributed by atoms with E-state index in [1.807, 2.05) is 0 Å². The highest BCUT2D eigenvalue weighted by Crippen LogP contribution is 2.41. The van der Waals surface area contributed by atoms with Crippen LogP contribution in [0.5, 0.6) is 0 Å². The summed E-state index contributed by atoms with van der Waals surface area (Å²) in [7, 11) is 0. The second-order valence-corrected chi connectivity index (χ2v) is 19.7. The summed E-state index contributed by atoms with van der Waals surface area (Å²) >= 11 is 44.3. The molecule has 0 N–H and O–H groups in total. The first-order valence-electron chi connectivity index (χ1n) is 2.26. The fourth-order valence-corrected chi connectivity index (χ4v) is 6.72. The summed E-state index contributed by atoms with van der Waals surface area (Å²) in [6.07, 6.45) is 0. The summed E-state index contributed by atoms with van der Waals surface area (Å²) in [5.41, 5.74) is 0. The van der Waals surface area contributed by atoms with Crippen LogP contribution in [-0.4, -0.2) is 12.0 Å². The van der Waals surface area contributed by atoms with Gasteiger partial charge in [-0.3, -0.25) is 0 Å².